The summed E-state index contributed by atoms with van der Waals surface area (Å²) >= 11 is 1.55. The van der Waals surface area contributed by atoms with Gasteiger partial charge in [0, 0.05) is 22.4 Å². The van der Waals surface area contributed by atoms with Crippen molar-refractivity contribution in [2.24, 2.45) is 0 Å². The first-order chi connectivity index (χ1) is 8.97. The largest absolute Gasteiger partial charge is 0.478 e. The molecule has 0 aliphatic heterocycles. The average molecular weight is 283 g/mol. The molecule has 0 saturated carbocycles. The van der Waals surface area contributed by atoms with Gasteiger partial charge in [0.1, 0.15) is 11.6 Å². The van der Waals surface area contributed by atoms with Crippen molar-refractivity contribution in [2.45, 2.75) is 13.5 Å². The molecule has 0 fully saturated rings. The number of carboxylic acid groups (broad SMARTS) is 1. The Kier molecular flexibility index (Phi) is 3.80. The molecule has 0 aliphatic rings. The number of halogens is 2. The van der Waals surface area contributed by atoms with E-state index in [0.717, 1.165) is 15.8 Å². The molecular weight excluding hydrogens is 272 g/mol. The first-order valence-corrected chi connectivity index (χ1v) is 6.30. The van der Waals surface area contributed by atoms with Crippen LogP contribution in [-0.2, 0) is 6.54 Å². The average Bonchev–Trinajstić information content (AvgIpc) is 2.73. The van der Waals surface area contributed by atoms with Crippen molar-refractivity contribution in [3.05, 3.63) is 51.2 Å². The van der Waals surface area contributed by atoms with Gasteiger partial charge in [-0.3, -0.25) is 0 Å². The van der Waals surface area contributed by atoms with Crippen LogP contribution in [0.4, 0.5) is 14.5 Å². The first kappa shape index (κ1) is 13.5. The van der Waals surface area contributed by atoms with Crippen molar-refractivity contribution in [1.82, 2.24) is 0 Å². The molecule has 2 aromatic rings. The van der Waals surface area contributed by atoms with Gasteiger partial charge < -0.3 is 10.4 Å². The van der Waals surface area contributed by atoms with Crippen LogP contribution in [0.2, 0.25) is 0 Å². The Balaban J connectivity index is 2.20. The van der Waals surface area contributed by atoms with Crippen LogP contribution in [0.3, 0.4) is 0 Å². The predicted molar refractivity (Wildman–Crippen MR) is 69.7 cm³/mol. The molecule has 3 nitrogen and oxygen atoms in total. The molecule has 2 rings (SSSR count). The first-order valence-electron chi connectivity index (χ1n) is 5.49. The number of nitrogens with one attached hydrogen (secondary N) is 1. The van der Waals surface area contributed by atoms with Gasteiger partial charge >= 0.3 is 5.97 Å². The molecule has 19 heavy (non-hydrogen) atoms. The third-order valence-electron chi connectivity index (χ3n) is 2.54. The molecule has 1 aromatic carbocycles. The van der Waals surface area contributed by atoms with Crippen LogP contribution in [0.15, 0.2) is 24.3 Å². The number of thiophene rings is 1. The summed E-state index contributed by atoms with van der Waals surface area (Å²) in [5.41, 5.74) is -0.573. The van der Waals surface area contributed by atoms with E-state index in [1.807, 2.05) is 19.1 Å². The summed E-state index contributed by atoms with van der Waals surface area (Å²) in [6.07, 6.45) is 0. The Hall–Kier alpha value is -1.95. The fourth-order valence-electron chi connectivity index (χ4n) is 1.61. The Bertz CT molecular complexity index is 625. The zero-order valence-electron chi connectivity index (χ0n) is 10.0. The van der Waals surface area contributed by atoms with Gasteiger partial charge in [-0.2, -0.15) is 0 Å². The van der Waals surface area contributed by atoms with Gasteiger partial charge in [0.15, 0.2) is 0 Å². The monoisotopic (exact) mass is 283 g/mol. The fourth-order valence-corrected chi connectivity index (χ4v) is 2.44. The van der Waals surface area contributed by atoms with E-state index in [9.17, 15) is 13.6 Å². The number of hydrogen-bond donors (Lipinski definition) is 2. The van der Waals surface area contributed by atoms with E-state index < -0.39 is 23.2 Å². The highest BCUT2D eigenvalue weighted by Gasteiger charge is 2.15. The minimum atomic E-state index is -1.42. The van der Waals surface area contributed by atoms with Crippen LogP contribution < -0.4 is 5.32 Å². The Morgan fingerprint density at radius 2 is 2.05 bits per heavy atom. The predicted octanol–water partition coefficient (Wildman–Crippen LogP) is 3.65. The van der Waals surface area contributed by atoms with Gasteiger partial charge in [-0.05, 0) is 25.1 Å². The SMILES string of the molecule is Cc1ccc(CNc2cc(C(=O)O)c(F)cc2F)s1. The maximum absolute atomic E-state index is 13.5. The van der Waals surface area contributed by atoms with Crippen molar-refractivity contribution in [1.29, 1.82) is 0 Å². The van der Waals surface area contributed by atoms with Crippen LogP contribution in [0.5, 0.6) is 0 Å². The Labute approximate surface area is 112 Å². The standard InChI is InChI=1S/C13H11F2NO2S/c1-7-2-3-8(19-7)6-16-12-4-9(13(17)18)10(14)5-11(12)15/h2-5,16H,6H2,1H3,(H,17,18). The van der Waals surface area contributed by atoms with Gasteiger partial charge in [-0.25, -0.2) is 13.6 Å². The lowest BCUT2D eigenvalue weighted by molar-refractivity contribution is 0.0692. The molecule has 100 valence electrons. The summed E-state index contributed by atoms with van der Waals surface area (Å²) in [5.74, 6) is -3.31. The third-order valence-corrected chi connectivity index (χ3v) is 3.54. The molecule has 0 amide bonds. The number of carboxylic acids is 1. The third kappa shape index (κ3) is 3.08. The summed E-state index contributed by atoms with van der Waals surface area (Å²) in [5, 5.41) is 11.6. The maximum atomic E-state index is 13.5. The summed E-state index contributed by atoms with van der Waals surface area (Å²) in [6, 6.07) is 5.37. The molecule has 2 N–H and O–H groups in total. The van der Waals surface area contributed by atoms with Gasteiger partial charge in [-0.15, -0.1) is 11.3 Å². The van der Waals surface area contributed by atoms with E-state index in [1.165, 1.54) is 0 Å². The number of anilines is 1. The summed E-state index contributed by atoms with van der Waals surface area (Å²) < 4.78 is 26.7. The fraction of sp³-hybridized carbons (Fsp3) is 0.154. The van der Waals surface area contributed by atoms with E-state index in [2.05, 4.69) is 5.32 Å². The number of carbonyl (C=O) groups is 1. The quantitative estimate of drug-likeness (QED) is 0.900. The summed E-state index contributed by atoms with van der Waals surface area (Å²) in [7, 11) is 0. The molecule has 1 heterocycles. The molecule has 1 aromatic heterocycles. The Morgan fingerprint density at radius 3 is 2.63 bits per heavy atom. The molecule has 0 radical (unpaired) electrons. The van der Waals surface area contributed by atoms with E-state index in [1.54, 1.807) is 11.3 Å². The molecule has 0 saturated heterocycles. The molecule has 0 spiro atoms. The minimum absolute atomic E-state index is 0.0233. The van der Waals surface area contributed by atoms with Crippen LogP contribution in [-0.4, -0.2) is 11.1 Å². The molecule has 0 unspecified atom stereocenters. The number of benzene rings is 1. The van der Waals surface area contributed by atoms with Crippen molar-refractivity contribution >= 4 is 23.0 Å². The second-order valence-corrected chi connectivity index (χ2v) is 5.36. The topological polar surface area (TPSA) is 49.3 Å². The molecule has 0 atom stereocenters. The van der Waals surface area contributed by atoms with Crippen LogP contribution in [0.1, 0.15) is 20.1 Å². The van der Waals surface area contributed by atoms with E-state index in [0.29, 0.717) is 12.6 Å². The van der Waals surface area contributed by atoms with Crippen LogP contribution in [0, 0.1) is 18.6 Å². The summed E-state index contributed by atoms with van der Waals surface area (Å²) in [6.45, 7) is 2.31. The number of aromatic carboxylic acids is 1. The van der Waals surface area contributed by atoms with Crippen molar-refractivity contribution in [3.8, 4) is 0 Å². The normalized spacial score (nSPS) is 10.5. The second-order valence-electron chi connectivity index (χ2n) is 3.98. The van der Waals surface area contributed by atoms with Crippen LogP contribution in [0.25, 0.3) is 0 Å². The van der Waals surface area contributed by atoms with Gasteiger partial charge in [0.2, 0.25) is 0 Å². The molecule has 6 heteroatoms. The van der Waals surface area contributed by atoms with Gasteiger partial charge in [0.05, 0.1) is 11.3 Å². The van der Waals surface area contributed by atoms with Crippen molar-refractivity contribution < 1.29 is 18.7 Å². The van der Waals surface area contributed by atoms with E-state index >= 15 is 0 Å². The van der Waals surface area contributed by atoms with Gasteiger partial charge in [0.25, 0.3) is 0 Å². The smallest absolute Gasteiger partial charge is 0.338 e. The molecule has 0 aliphatic carbocycles. The molecule has 0 bridgehead atoms. The van der Waals surface area contributed by atoms with Crippen molar-refractivity contribution in [3.63, 3.8) is 0 Å². The zero-order valence-corrected chi connectivity index (χ0v) is 10.9. The van der Waals surface area contributed by atoms with Crippen LogP contribution >= 0.6 is 11.3 Å². The number of aryl methyl sites for hydroxylation is 1. The lowest BCUT2D eigenvalue weighted by atomic mass is 10.2. The molecular formula is C13H11F2NO2S. The lowest BCUT2D eigenvalue weighted by Gasteiger charge is -2.08. The van der Waals surface area contributed by atoms with Crippen molar-refractivity contribution in [2.75, 3.05) is 5.32 Å². The second kappa shape index (κ2) is 5.36. The maximum Gasteiger partial charge on any atom is 0.338 e. The highest BCUT2D eigenvalue weighted by atomic mass is 32.1. The number of rotatable bonds is 4. The summed E-state index contributed by atoms with van der Waals surface area (Å²) in [4.78, 5) is 12.9. The highest BCUT2D eigenvalue weighted by molar-refractivity contribution is 7.11. The Morgan fingerprint density at radius 1 is 1.32 bits per heavy atom. The van der Waals surface area contributed by atoms with Gasteiger partial charge in [-0.1, -0.05) is 0 Å². The van der Waals surface area contributed by atoms with E-state index in [4.69, 9.17) is 5.11 Å². The minimum Gasteiger partial charge on any atom is -0.478 e. The highest BCUT2D eigenvalue weighted by Crippen LogP contribution is 2.22. The zero-order chi connectivity index (χ0) is 14.0. The lowest BCUT2D eigenvalue weighted by Crippen LogP contribution is -2.06. The number of hydrogen-bond acceptors (Lipinski definition) is 3. The van der Waals surface area contributed by atoms with E-state index in [-0.39, 0.29) is 5.69 Å².